The van der Waals surface area contributed by atoms with E-state index >= 15 is 0 Å². The van der Waals surface area contributed by atoms with Crippen LogP contribution in [0.25, 0.3) is 11.3 Å². The number of aromatic nitrogens is 4. The molecule has 0 amide bonds. The number of hydrogen-bond donors (Lipinski definition) is 1. The molecule has 3 heterocycles. The van der Waals surface area contributed by atoms with Crippen LogP contribution in [0.3, 0.4) is 0 Å². The highest BCUT2D eigenvalue weighted by Crippen LogP contribution is 2.31. The molecule has 3 rings (SSSR count). The van der Waals surface area contributed by atoms with E-state index in [9.17, 15) is 17.6 Å². The topological polar surface area (TPSA) is 68.0 Å². The fourth-order valence-electron chi connectivity index (χ4n) is 2.18. The van der Waals surface area contributed by atoms with E-state index in [4.69, 9.17) is 0 Å². The molecule has 0 saturated heterocycles. The van der Waals surface area contributed by atoms with Gasteiger partial charge in [0, 0.05) is 18.8 Å². The van der Waals surface area contributed by atoms with Crippen molar-refractivity contribution in [2.24, 2.45) is 12.1 Å². The van der Waals surface area contributed by atoms with Gasteiger partial charge in [0.05, 0.1) is 22.5 Å². The van der Waals surface area contributed by atoms with Crippen LogP contribution in [-0.4, -0.2) is 26.0 Å². The molecule has 3 aromatic heterocycles. The molecular weight excluding hydrogens is 372 g/mol. The predicted molar refractivity (Wildman–Crippen MR) is 89.5 cm³/mol. The van der Waals surface area contributed by atoms with Gasteiger partial charge in [-0.1, -0.05) is 0 Å². The third-order valence-corrected chi connectivity index (χ3v) is 4.06. The van der Waals surface area contributed by atoms with E-state index in [0.29, 0.717) is 16.1 Å². The second-order valence-electron chi connectivity index (χ2n) is 5.27. The summed E-state index contributed by atoms with van der Waals surface area (Å²) in [5, 5.41) is 7.48. The van der Waals surface area contributed by atoms with Gasteiger partial charge >= 0.3 is 6.18 Å². The van der Waals surface area contributed by atoms with Crippen molar-refractivity contribution < 1.29 is 17.6 Å². The Morgan fingerprint density at radius 3 is 2.62 bits per heavy atom. The van der Waals surface area contributed by atoms with Gasteiger partial charge in [0.15, 0.2) is 10.8 Å². The summed E-state index contributed by atoms with van der Waals surface area (Å²) < 4.78 is 53.8. The molecule has 0 aliphatic carbocycles. The van der Waals surface area contributed by atoms with Crippen molar-refractivity contribution in [2.45, 2.75) is 13.1 Å². The van der Waals surface area contributed by atoms with Crippen LogP contribution in [0, 0.1) is 12.1 Å². The largest absolute Gasteiger partial charge is 0.433 e. The summed E-state index contributed by atoms with van der Waals surface area (Å²) >= 11 is 0.847. The van der Waals surface area contributed by atoms with Crippen molar-refractivity contribution in [1.82, 2.24) is 19.7 Å². The highest BCUT2D eigenvalue weighted by atomic mass is 32.1. The zero-order valence-electron chi connectivity index (χ0n) is 13.5. The zero-order chi connectivity index (χ0) is 18.9. The molecule has 1 N–H and O–H groups in total. The third-order valence-electron chi connectivity index (χ3n) is 3.26. The van der Waals surface area contributed by atoms with E-state index in [2.05, 4.69) is 25.6 Å². The molecule has 0 saturated carbocycles. The van der Waals surface area contributed by atoms with Gasteiger partial charge in [-0.3, -0.25) is 4.68 Å². The van der Waals surface area contributed by atoms with Crippen LogP contribution in [0.15, 0.2) is 29.5 Å². The fraction of sp³-hybridized carbons (Fsp3) is 0.200. The van der Waals surface area contributed by atoms with E-state index in [1.807, 2.05) is 0 Å². The molecule has 0 aromatic carbocycles. The van der Waals surface area contributed by atoms with Gasteiger partial charge in [0.25, 0.3) is 0 Å². The maximum Gasteiger partial charge on any atom is 0.433 e. The number of hydrogen-bond acceptors (Lipinski definition) is 6. The first-order valence-corrected chi connectivity index (χ1v) is 8.05. The van der Waals surface area contributed by atoms with Gasteiger partial charge in [0.1, 0.15) is 0 Å². The van der Waals surface area contributed by atoms with E-state index < -0.39 is 17.0 Å². The maximum absolute atomic E-state index is 13.1. The summed E-state index contributed by atoms with van der Waals surface area (Å²) in [5.74, 6) is -0.327. The molecule has 26 heavy (non-hydrogen) atoms. The first kappa shape index (κ1) is 18.0. The molecule has 0 fully saturated rings. The molecule has 0 atom stereocenters. The van der Waals surface area contributed by atoms with Gasteiger partial charge in [0.2, 0.25) is 5.95 Å². The molecule has 6 nitrogen and oxygen atoms in total. The lowest BCUT2D eigenvalue weighted by molar-refractivity contribution is -0.141. The van der Waals surface area contributed by atoms with Crippen molar-refractivity contribution in [3.63, 3.8) is 0 Å². The summed E-state index contributed by atoms with van der Waals surface area (Å²) in [7, 11) is 1.66. The minimum absolute atomic E-state index is 0.0674. The van der Waals surface area contributed by atoms with Gasteiger partial charge in [-0.15, -0.1) is 11.3 Å². The van der Waals surface area contributed by atoms with Crippen LogP contribution in [0.2, 0.25) is 0 Å². The number of thiophene rings is 1. The smallest absolute Gasteiger partial charge is 0.275 e. The number of alkyl halides is 3. The Labute approximate surface area is 149 Å². The average molecular weight is 384 g/mol. The Bertz CT molecular complexity index is 959. The molecule has 0 unspecified atom stereocenters. The predicted octanol–water partition coefficient (Wildman–Crippen LogP) is 3.85. The first-order valence-electron chi connectivity index (χ1n) is 7.23. The maximum atomic E-state index is 13.1. The van der Waals surface area contributed by atoms with Crippen LogP contribution < -0.4 is 5.43 Å². The normalized spacial score (nSPS) is 12.1. The monoisotopic (exact) mass is 384 g/mol. The molecule has 0 radical (unpaired) electrons. The molecule has 3 aromatic rings. The van der Waals surface area contributed by atoms with Crippen molar-refractivity contribution in [1.29, 1.82) is 0 Å². The van der Waals surface area contributed by atoms with Gasteiger partial charge in [-0.2, -0.15) is 27.8 Å². The number of nitrogens with one attached hydrogen (secondary N) is 1. The second-order valence-corrected chi connectivity index (χ2v) is 6.34. The summed E-state index contributed by atoms with van der Waals surface area (Å²) in [4.78, 5) is 8.00. The number of anilines is 1. The van der Waals surface area contributed by atoms with E-state index in [0.717, 1.165) is 17.4 Å². The molecule has 0 bridgehead atoms. The molecule has 0 aliphatic heterocycles. The zero-order valence-corrected chi connectivity index (χ0v) is 14.4. The van der Waals surface area contributed by atoms with E-state index in [1.165, 1.54) is 23.0 Å². The van der Waals surface area contributed by atoms with Crippen LogP contribution >= 0.6 is 11.3 Å². The number of hydrazone groups is 1. The lowest BCUT2D eigenvalue weighted by Crippen LogP contribution is -2.11. The molecular formula is C15H12F4N6S. The average Bonchev–Trinajstić information content (AvgIpc) is 3.11. The van der Waals surface area contributed by atoms with Crippen LogP contribution in [0.5, 0.6) is 0 Å². The first-order chi connectivity index (χ1) is 12.2. The number of rotatable bonds is 4. The molecule has 0 aliphatic rings. The van der Waals surface area contributed by atoms with Gasteiger partial charge in [-0.25, -0.2) is 15.4 Å². The van der Waals surface area contributed by atoms with Crippen LogP contribution in [-0.2, 0) is 13.2 Å². The van der Waals surface area contributed by atoms with Crippen molar-refractivity contribution in [3.8, 4) is 11.3 Å². The Hall–Kier alpha value is -2.82. The van der Waals surface area contributed by atoms with E-state index in [1.54, 1.807) is 20.2 Å². The molecule has 0 spiro atoms. The summed E-state index contributed by atoms with van der Waals surface area (Å²) in [6, 6.07) is 3.60. The quantitative estimate of drug-likeness (QED) is 0.422. The highest BCUT2D eigenvalue weighted by Gasteiger charge is 2.34. The van der Waals surface area contributed by atoms with Crippen LogP contribution in [0.4, 0.5) is 23.5 Å². The Balaban J connectivity index is 1.95. The standard InChI is InChI=1S/C15H12F4N6S/c1-8-10(7-25(2)24-8)11-5-12(15(17,18)19)22-14(21-11)23-20-6-9-3-4-13(16)26-9/h3-7H,1-2H3,(H,21,22,23)/b20-6-. The van der Waals surface area contributed by atoms with Crippen molar-refractivity contribution in [3.05, 3.63) is 45.8 Å². The third kappa shape index (κ3) is 4.04. The van der Waals surface area contributed by atoms with Crippen molar-refractivity contribution in [2.75, 3.05) is 5.43 Å². The highest BCUT2D eigenvalue weighted by molar-refractivity contribution is 7.12. The second kappa shape index (κ2) is 6.83. The van der Waals surface area contributed by atoms with Crippen molar-refractivity contribution >= 4 is 23.5 Å². The number of aryl methyl sites for hydroxylation is 2. The Kier molecular flexibility index (Phi) is 4.72. The van der Waals surface area contributed by atoms with E-state index in [-0.39, 0.29) is 11.6 Å². The van der Waals surface area contributed by atoms with Gasteiger partial charge < -0.3 is 0 Å². The fourth-order valence-corrected chi connectivity index (χ4v) is 2.79. The lowest BCUT2D eigenvalue weighted by atomic mass is 10.1. The SMILES string of the molecule is Cc1nn(C)cc1-c1cc(C(F)(F)F)nc(N/N=C\c2ccc(F)s2)n1. The van der Waals surface area contributed by atoms with Gasteiger partial charge in [-0.05, 0) is 25.1 Å². The minimum atomic E-state index is -4.65. The summed E-state index contributed by atoms with van der Waals surface area (Å²) in [6.45, 7) is 1.67. The Morgan fingerprint density at radius 1 is 1.27 bits per heavy atom. The molecule has 136 valence electrons. The lowest BCUT2D eigenvalue weighted by Gasteiger charge is -2.09. The number of nitrogens with zero attached hydrogens (tertiary/aromatic N) is 5. The summed E-state index contributed by atoms with van der Waals surface area (Å²) in [5.41, 5.74) is 2.30. The van der Waals surface area contributed by atoms with Crippen LogP contribution in [0.1, 0.15) is 16.3 Å². The molecule has 11 heteroatoms. The number of halogens is 4. The minimum Gasteiger partial charge on any atom is -0.275 e. The summed E-state index contributed by atoms with van der Waals surface area (Å²) in [6.07, 6.45) is -1.81. The Morgan fingerprint density at radius 2 is 2.04 bits per heavy atom.